The minimum absolute atomic E-state index is 0.0151. The first kappa shape index (κ1) is 18.7. The second-order valence-electron chi connectivity index (χ2n) is 7.24. The van der Waals surface area contributed by atoms with Gasteiger partial charge in [-0.3, -0.25) is 4.79 Å². The Hall–Kier alpha value is -3.09. The number of carboxylic acid groups (broad SMARTS) is 1. The number of nitrogens with zero attached hydrogens (tertiary/aromatic N) is 1. The fourth-order valence-corrected chi connectivity index (χ4v) is 2.96. The Bertz CT molecular complexity index is 936. The monoisotopic (exact) mass is 373 g/mol. The summed E-state index contributed by atoms with van der Waals surface area (Å²) in [6.45, 7) is 3.77. The molecule has 0 radical (unpaired) electrons. The molecule has 0 aromatic heterocycles. The number of carbonyl (C=O) groups excluding carboxylic acids is 1. The van der Waals surface area contributed by atoms with E-state index in [1.165, 1.54) is 43.3 Å². The Morgan fingerprint density at radius 2 is 1.93 bits per heavy atom. The molecule has 142 valence electrons. The molecule has 2 aromatic rings. The van der Waals surface area contributed by atoms with E-state index in [2.05, 4.69) is 0 Å². The molecule has 0 atom stereocenters. The molecule has 27 heavy (non-hydrogen) atoms. The van der Waals surface area contributed by atoms with E-state index >= 15 is 0 Å². The van der Waals surface area contributed by atoms with Crippen LogP contribution in [0.25, 0.3) is 0 Å². The van der Waals surface area contributed by atoms with Crippen LogP contribution in [-0.2, 0) is 6.42 Å². The van der Waals surface area contributed by atoms with Crippen LogP contribution in [0.4, 0.5) is 4.39 Å². The Kier molecular flexibility index (Phi) is 4.55. The smallest absolute Gasteiger partial charge is 0.335 e. The summed E-state index contributed by atoms with van der Waals surface area (Å²) < 4.78 is 25.9. The molecule has 2 aromatic carbocycles. The van der Waals surface area contributed by atoms with Gasteiger partial charge in [0.15, 0.2) is 0 Å². The molecular weight excluding hydrogens is 353 g/mol. The molecule has 3 rings (SSSR count). The van der Waals surface area contributed by atoms with E-state index < -0.39 is 23.3 Å². The van der Waals surface area contributed by atoms with Gasteiger partial charge < -0.3 is 19.5 Å². The van der Waals surface area contributed by atoms with Crippen LogP contribution in [0.1, 0.15) is 40.1 Å². The molecule has 0 saturated carbocycles. The fraction of sp³-hybridized carbons (Fsp3) is 0.300. The van der Waals surface area contributed by atoms with Crippen molar-refractivity contribution in [1.82, 2.24) is 4.90 Å². The van der Waals surface area contributed by atoms with Gasteiger partial charge in [0.25, 0.3) is 5.91 Å². The maximum atomic E-state index is 14.3. The number of fused-ring (bicyclic) bond motifs is 1. The third-order valence-corrected chi connectivity index (χ3v) is 4.21. The second-order valence-corrected chi connectivity index (χ2v) is 7.24. The van der Waals surface area contributed by atoms with E-state index in [1.807, 2.05) is 13.8 Å². The van der Waals surface area contributed by atoms with Gasteiger partial charge in [-0.15, -0.1) is 0 Å². The molecule has 0 bridgehead atoms. The van der Waals surface area contributed by atoms with Gasteiger partial charge in [-0.2, -0.15) is 0 Å². The number of halogens is 1. The minimum atomic E-state index is -1.12. The molecule has 1 aliphatic heterocycles. The van der Waals surface area contributed by atoms with Gasteiger partial charge in [0.1, 0.15) is 28.7 Å². The highest BCUT2D eigenvalue weighted by Crippen LogP contribution is 2.43. The number of aromatic carboxylic acids is 1. The highest BCUT2D eigenvalue weighted by Gasteiger charge is 2.34. The van der Waals surface area contributed by atoms with Crippen LogP contribution in [0.2, 0.25) is 0 Å². The first-order valence-electron chi connectivity index (χ1n) is 8.36. The Balaban J connectivity index is 1.98. The van der Waals surface area contributed by atoms with Gasteiger partial charge >= 0.3 is 5.97 Å². The van der Waals surface area contributed by atoms with Crippen LogP contribution >= 0.6 is 0 Å². The summed E-state index contributed by atoms with van der Waals surface area (Å²) in [5.41, 5.74) is 0.173. The van der Waals surface area contributed by atoms with Gasteiger partial charge in [-0.25, -0.2) is 9.18 Å². The van der Waals surface area contributed by atoms with Crippen LogP contribution in [0.15, 0.2) is 30.3 Å². The maximum Gasteiger partial charge on any atom is 0.335 e. The quantitative estimate of drug-likeness (QED) is 0.884. The van der Waals surface area contributed by atoms with E-state index in [9.17, 15) is 19.1 Å². The molecule has 0 spiro atoms. The first-order valence-corrected chi connectivity index (χ1v) is 8.36. The number of carboxylic acids is 1. The SMILES string of the molecule is CN(C)C(=O)c1ccc(Oc2cc(C(=O)O)cc3c2CC(C)(C)O3)cc1F. The van der Waals surface area contributed by atoms with Crippen molar-refractivity contribution in [2.24, 2.45) is 0 Å². The number of hydrogen-bond acceptors (Lipinski definition) is 4. The van der Waals surface area contributed by atoms with Crippen molar-refractivity contribution in [1.29, 1.82) is 0 Å². The van der Waals surface area contributed by atoms with Crippen LogP contribution in [0.3, 0.4) is 0 Å². The van der Waals surface area contributed by atoms with Crippen molar-refractivity contribution in [3.63, 3.8) is 0 Å². The van der Waals surface area contributed by atoms with E-state index in [-0.39, 0.29) is 16.9 Å². The summed E-state index contributed by atoms with van der Waals surface area (Å²) in [5.74, 6) is -1.39. The molecule has 0 saturated heterocycles. The molecule has 0 aliphatic carbocycles. The summed E-state index contributed by atoms with van der Waals surface area (Å²) in [6, 6.07) is 6.77. The van der Waals surface area contributed by atoms with Crippen LogP contribution in [-0.4, -0.2) is 41.6 Å². The first-order chi connectivity index (χ1) is 12.6. The van der Waals surface area contributed by atoms with Crippen molar-refractivity contribution in [2.75, 3.05) is 14.1 Å². The lowest BCUT2D eigenvalue weighted by Crippen LogP contribution is -2.24. The summed E-state index contributed by atoms with van der Waals surface area (Å²) >= 11 is 0. The lowest BCUT2D eigenvalue weighted by molar-refractivity contribution is 0.0694. The number of hydrogen-bond donors (Lipinski definition) is 1. The van der Waals surface area contributed by atoms with Gasteiger partial charge in [0.2, 0.25) is 0 Å². The van der Waals surface area contributed by atoms with E-state index in [0.717, 1.165) is 11.6 Å². The van der Waals surface area contributed by atoms with Crippen molar-refractivity contribution in [2.45, 2.75) is 25.9 Å². The van der Waals surface area contributed by atoms with Crippen LogP contribution in [0.5, 0.6) is 17.2 Å². The molecule has 0 fully saturated rings. The van der Waals surface area contributed by atoms with Crippen molar-refractivity contribution < 1.29 is 28.6 Å². The lowest BCUT2D eigenvalue weighted by Gasteiger charge is -2.16. The van der Waals surface area contributed by atoms with Crippen LogP contribution < -0.4 is 9.47 Å². The summed E-state index contributed by atoms with van der Waals surface area (Å²) in [5, 5.41) is 9.32. The topological polar surface area (TPSA) is 76.1 Å². The van der Waals surface area contributed by atoms with Crippen molar-refractivity contribution >= 4 is 11.9 Å². The standard InChI is InChI=1S/C20H20FNO5/c1-20(2)10-14-16(7-11(19(24)25)8-17(14)27-20)26-12-5-6-13(15(21)9-12)18(23)22(3)4/h5-9H,10H2,1-4H3,(H,24,25). The number of benzene rings is 2. The zero-order valence-electron chi connectivity index (χ0n) is 15.5. The predicted octanol–water partition coefficient (Wildman–Crippen LogP) is 3.73. The normalized spacial score (nSPS) is 14.3. The molecule has 1 N–H and O–H groups in total. The predicted molar refractivity (Wildman–Crippen MR) is 96.3 cm³/mol. The average molecular weight is 373 g/mol. The van der Waals surface area contributed by atoms with Crippen LogP contribution in [0, 0.1) is 5.82 Å². The molecule has 6 nitrogen and oxygen atoms in total. The van der Waals surface area contributed by atoms with E-state index in [4.69, 9.17) is 9.47 Å². The van der Waals surface area contributed by atoms with Gasteiger partial charge in [-0.05, 0) is 38.1 Å². The molecular formula is C20H20FNO5. The van der Waals surface area contributed by atoms with Crippen molar-refractivity contribution in [3.8, 4) is 17.2 Å². The summed E-state index contributed by atoms with van der Waals surface area (Å²) in [7, 11) is 3.07. The second kappa shape index (κ2) is 6.57. The zero-order valence-corrected chi connectivity index (χ0v) is 15.5. The molecule has 0 unspecified atom stereocenters. The highest BCUT2D eigenvalue weighted by atomic mass is 19.1. The largest absolute Gasteiger partial charge is 0.487 e. The van der Waals surface area contributed by atoms with Crippen molar-refractivity contribution in [3.05, 3.63) is 52.8 Å². The summed E-state index contributed by atoms with van der Waals surface area (Å²) in [6.07, 6.45) is 0.525. The molecule has 7 heteroatoms. The van der Waals surface area contributed by atoms with Gasteiger partial charge in [-0.1, -0.05) is 0 Å². The summed E-state index contributed by atoms with van der Waals surface area (Å²) in [4.78, 5) is 24.6. The Morgan fingerprint density at radius 3 is 2.52 bits per heavy atom. The zero-order chi connectivity index (χ0) is 19.9. The minimum Gasteiger partial charge on any atom is -0.487 e. The van der Waals surface area contributed by atoms with Gasteiger partial charge in [0, 0.05) is 32.1 Å². The molecule has 1 aliphatic rings. The third kappa shape index (κ3) is 3.72. The number of rotatable bonds is 4. The molecule has 1 amide bonds. The number of carbonyl (C=O) groups is 2. The Labute approximate surface area is 156 Å². The average Bonchev–Trinajstić information content (AvgIpc) is 2.88. The maximum absolute atomic E-state index is 14.3. The van der Waals surface area contributed by atoms with Gasteiger partial charge in [0.05, 0.1) is 11.1 Å². The highest BCUT2D eigenvalue weighted by molar-refractivity contribution is 5.94. The van der Waals surface area contributed by atoms with E-state index in [1.54, 1.807) is 0 Å². The number of amides is 1. The molecule has 1 heterocycles. The van der Waals surface area contributed by atoms with E-state index in [0.29, 0.717) is 17.9 Å². The Morgan fingerprint density at radius 1 is 1.22 bits per heavy atom. The fourth-order valence-electron chi connectivity index (χ4n) is 2.96. The third-order valence-electron chi connectivity index (χ3n) is 4.21. The lowest BCUT2D eigenvalue weighted by atomic mass is 10.00. The number of ether oxygens (including phenoxy) is 2.